The minimum atomic E-state index is -0.464. The zero-order valence-electron chi connectivity index (χ0n) is 19.1. The minimum Gasteiger partial charge on any atom is -0.493 e. The van der Waals surface area contributed by atoms with Crippen molar-refractivity contribution in [1.29, 1.82) is 0 Å². The van der Waals surface area contributed by atoms with Gasteiger partial charge in [0.2, 0.25) is 0 Å². The Kier molecular flexibility index (Phi) is 9.71. The van der Waals surface area contributed by atoms with E-state index in [2.05, 4.69) is 39.1 Å². The van der Waals surface area contributed by atoms with Crippen LogP contribution in [-0.4, -0.2) is 49.9 Å². The number of aliphatic imine (C=N–C) groups is 1. The van der Waals surface area contributed by atoms with Gasteiger partial charge in [-0.2, -0.15) is 0 Å². The number of hydrogen-bond acceptors (Lipinski definition) is 4. The summed E-state index contributed by atoms with van der Waals surface area (Å²) in [6, 6.07) is 7.01. The van der Waals surface area contributed by atoms with E-state index in [0.29, 0.717) is 6.04 Å². The molecule has 0 radical (unpaired) electrons. The van der Waals surface area contributed by atoms with E-state index in [1.54, 1.807) is 7.05 Å². The summed E-state index contributed by atoms with van der Waals surface area (Å²) in [6.07, 6.45) is 5.48. The molecule has 2 aliphatic rings. The summed E-state index contributed by atoms with van der Waals surface area (Å²) in [5, 5.41) is 9.93. The van der Waals surface area contributed by atoms with Crippen LogP contribution in [0.15, 0.2) is 23.2 Å². The van der Waals surface area contributed by atoms with E-state index < -0.39 is 5.60 Å². The predicted molar refractivity (Wildman–Crippen MR) is 135 cm³/mol. The molecule has 1 heterocycles. The molecule has 1 aliphatic carbocycles. The summed E-state index contributed by atoms with van der Waals surface area (Å²) in [4.78, 5) is 16.3. The van der Waals surface area contributed by atoms with E-state index in [1.807, 2.05) is 20.8 Å². The number of rotatable bonds is 5. The number of halogens is 1. The summed E-state index contributed by atoms with van der Waals surface area (Å²) >= 11 is 0. The summed E-state index contributed by atoms with van der Waals surface area (Å²) < 4.78 is 10.9. The van der Waals surface area contributed by atoms with Gasteiger partial charge in [0.1, 0.15) is 11.4 Å². The number of carbonyl (C=O) groups excluding carboxylic acids is 1. The van der Waals surface area contributed by atoms with Gasteiger partial charge in [-0.05, 0) is 70.1 Å². The van der Waals surface area contributed by atoms with Gasteiger partial charge in [0.15, 0.2) is 5.96 Å². The number of amides is 1. The third kappa shape index (κ3) is 8.38. The van der Waals surface area contributed by atoms with E-state index in [0.717, 1.165) is 63.4 Å². The molecule has 0 spiro atoms. The van der Waals surface area contributed by atoms with Gasteiger partial charge in [0.05, 0.1) is 6.61 Å². The molecular formula is C23H37IN4O3. The molecular weight excluding hydrogens is 507 g/mol. The molecule has 1 fully saturated rings. The second kappa shape index (κ2) is 11.8. The molecule has 3 N–H and O–H groups in total. The highest BCUT2D eigenvalue weighted by molar-refractivity contribution is 14.0. The molecule has 1 aliphatic heterocycles. The molecule has 1 aromatic rings. The van der Waals surface area contributed by atoms with Crippen molar-refractivity contribution in [2.24, 2.45) is 4.99 Å². The first-order valence-electron chi connectivity index (χ1n) is 11.0. The number of nitrogens with zero attached hydrogens (tertiary/aromatic N) is 1. The highest BCUT2D eigenvalue weighted by Crippen LogP contribution is 2.26. The number of guanidine groups is 1. The van der Waals surface area contributed by atoms with Crippen molar-refractivity contribution in [3.63, 3.8) is 0 Å². The van der Waals surface area contributed by atoms with Crippen LogP contribution in [0, 0.1) is 0 Å². The van der Waals surface area contributed by atoms with Gasteiger partial charge in [-0.1, -0.05) is 12.1 Å². The fraction of sp³-hybridized carbons (Fsp3) is 0.652. The van der Waals surface area contributed by atoms with Crippen LogP contribution < -0.4 is 20.7 Å². The molecule has 0 saturated heterocycles. The Morgan fingerprint density at radius 2 is 1.84 bits per heavy atom. The van der Waals surface area contributed by atoms with Crippen LogP contribution in [-0.2, 0) is 17.6 Å². The summed E-state index contributed by atoms with van der Waals surface area (Å²) in [5.41, 5.74) is 2.16. The summed E-state index contributed by atoms with van der Waals surface area (Å²) in [7, 11) is 1.80. The first-order chi connectivity index (χ1) is 14.3. The van der Waals surface area contributed by atoms with Crippen LogP contribution >= 0.6 is 24.0 Å². The predicted octanol–water partition coefficient (Wildman–Crippen LogP) is 3.78. The van der Waals surface area contributed by atoms with Crippen molar-refractivity contribution in [1.82, 2.24) is 16.0 Å². The molecule has 174 valence electrons. The van der Waals surface area contributed by atoms with Crippen LogP contribution in [0.3, 0.4) is 0 Å². The third-order valence-corrected chi connectivity index (χ3v) is 5.47. The van der Waals surface area contributed by atoms with E-state index in [1.165, 1.54) is 11.1 Å². The number of fused-ring (bicyclic) bond motifs is 1. The monoisotopic (exact) mass is 544 g/mol. The Labute approximate surface area is 203 Å². The standard InChI is InChI=1S/C23H36N4O3.HI/c1-23(2,3)30-22(28)27-19-8-6-18(7-9-19)26-21(24-4)25-13-11-16-5-10-20-17(15-16)12-14-29-20;/h5,10,15,18-19H,6-9,11-14H2,1-4H3,(H,27,28)(H2,24,25,26);1H. The van der Waals surface area contributed by atoms with Crippen LogP contribution in [0.2, 0.25) is 0 Å². The van der Waals surface area contributed by atoms with Crippen LogP contribution in [0.1, 0.15) is 57.6 Å². The van der Waals surface area contributed by atoms with Gasteiger partial charge in [-0.3, -0.25) is 4.99 Å². The third-order valence-electron chi connectivity index (χ3n) is 5.47. The quantitative estimate of drug-likeness (QED) is 0.299. The minimum absolute atomic E-state index is 0. The van der Waals surface area contributed by atoms with Gasteiger partial charge >= 0.3 is 6.09 Å². The van der Waals surface area contributed by atoms with Crippen LogP contribution in [0.4, 0.5) is 4.79 Å². The van der Waals surface area contributed by atoms with Gasteiger partial charge in [-0.25, -0.2) is 4.79 Å². The van der Waals surface area contributed by atoms with E-state index in [9.17, 15) is 4.79 Å². The molecule has 1 aromatic carbocycles. The van der Waals surface area contributed by atoms with Crippen LogP contribution in [0.5, 0.6) is 5.75 Å². The number of nitrogens with one attached hydrogen (secondary N) is 3. The smallest absolute Gasteiger partial charge is 0.407 e. The molecule has 0 atom stereocenters. The van der Waals surface area contributed by atoms with Crippen molar-refractivity contribution < 1.29 is 14.3 Å². The molecule has 0 aromatic heterocycles. The second-order valence-electron chi connectivity index (χ2n) is 9.13. The van der Waals surface area contributed by atoms with Crippen molar-refractivity contribution in [2.45, 2.75) is 77.0 Å². The molecule has 3 rings (SSSR count). The van der Waals surface area contributed by atoms with Crippen LogP contribution in [0.25, 0.3) is 0 Å². The van der Waals surface area contributed by atoms with Gasteiger partial charge in [0.25, 0.3) is 0 Å². The molecule has 1 saturated carbocycles. The van der Waals surface area contributed by atoms with E-state index in [-0.39, 0.29) is 36.1 Å². The topological polar surface area (TPSA) is 84.0 Å². The Bertz CT molecular complexity index is 756. The maximum Gasteiger partial charge on any atom is 0.407 e. The second-order valence-corrected chi connectivity index (χ2v) is 9.13. The number of ether oxygens (including phenoxy) is 2. The number of alkyl carbamates (subject to hydrolysis) is 1. The maximum absolute atomic E-state index is 11.9. The fourth-order valence-electron chi connectivity index (χ4n) is 3.96. The average molecular weight is 544 g/mol. The Morgan fingerprint density at radius 1 is 1.16 bits per heavy atom. The Balaban J connectivity index is 0.00000341. The molecule has 0 bridgehead atoms. The molecule has 8 heteroatoms. The largest absolute Gasteiger partial charge is 0.493 e. The molecule has 0 unspecified atom stereocenters. The van der Waals surface area contributed by atoms with Crippen molar-refractivity contribution >= 4 is 36.0 Å². The molecule has 1 amide bonds. The number of hydrogen-bond donors (Lipinski definition) is 3. The summed E-state index contributed by atoms with van der Waals surface area (Å²) in [6.45, 7) is 7.26. The van der Waals surface area contributed by atoms with Gasteiger partial charge in [0, 0.05) is 32.1 Å². The van der Waals surface area contributed by atoms with E-state index in [4.69, 9.17) is 9.47 Å². The fourth-order valence-corrected chi connectivity index (χ4v) is 3.96. The molecule has 31 heavy (non-hydrogen) atoms. The number of benzene rings is 1. The lowest BCUT2D eigenvalue weighted by atomic mass is 9.91. The zero-order chi connectivity index (χ0) is 21.6. The normalized spacial score (nSPS) is 20.7. The maximum atomic E-state index is 11.9. The zero-order valence-corrected chi connectivity index (χ0v) is 21.5. The first-order valence-corrected chi connectivity index (χ1v) is 11.0. The molecule has 7 nitrogen and oxygen atoms in total. The highest BCUT2D eigenvalue weighted by atomic mass is 127. The lowest BCUT2D eigenvalue weighted by Gasteiger charge is -2.31. The van der Waals surface area contributed by atoms with Crippen molar-refractivity contribution in [2.75, 3.05) is 20.2 Å². The van der Waals surface area contributed by atoms with Gasteiger partial charge in [-0.15, -0.1) is 24.0 Å². The highest BCUT2D eigenvalue weighted by Gasteiger charge is 2.25. The van der Waals surface area contributed by atoms with Gasteiger partial charge < -0.3 is 25.4 Å². The lowest BCUT2D eigenvalue weighted by molar-refractivity contribution is 0.0490. The Hall–Kier alpha value is -1.71. The average Bonchev–Trinajstić information content (AvgIpc) is 3.15. The Morgan fingerprint density at radius 3 is 2.48 bits per heavy atom. The summed E-state index contributed by atoms with van der Waals surface area (Å²) in [5.74, 6) is 1.86. The van der Waals surface area contributed by atoms with Crippen molar-refractivity contribution in [3.8, 4) is 5.75 Å². The van der Waals surface area contributed by atoms with Crippen molar-refractivity contribution in [3.05, 3.63) is 29.3 Å². The SMILES string of the molecule is CN=C(NCCc1ccc2c(c1)CCO2)NC1CCC(NC(=O)OC(C)(C)C)CC1.I. The van der Waals surface area contributed by atoms with E-state index >= 15 is 0 Å². The first kappa shape index (κ1) is 25.5. The lowest BCUT2D eigenvalue weighted by Crippen LogP contribution is -2.48. The number of carbonyl (C=O) groups is 1.